The Kier molecular flexibility index (Phi) is 4.21. The Hall–Kier alpha value is -1.47. The van der Waals surface area contributed by atoms with Gasteiger partial charge in [0, 0.05) is 13.6 Å². The molecule has 0 aliphatic carbocycles. The smallest absolute Gasteiger partial charge is 0.363 e. The molecule has 0 spiro atoms. The van der Waals surface area contributed by atoms with E-state index < -0.39 is 5.97 Å². The molecule has 0 saturated heterocycles. The SMILES string of the molecule is O=C1OC(c2ccc(Br)cc2)=N/C1=C\c1ccccc1I. The van der Waals surface area contributed by atoms with E-state index in [4.69, 9.17) is 4.74 Å². The first-order chi connectivity index (χ1) is 10.1. The van der Waals surface area contributed by atoms with Crippen molar-refractivity contribution in [3.8, 4) is 0 Å². The van der Waals surface area contributed by atoms with Crippen LogP contribution in [0.2, 0.25) is 0 Å². The van der Waals surface area contributed by atoms with Crippen molar-refractivity contribution >= 4 is 56.5 Å². The van der Waals surface area contributed by atoms with E-state index in [1.165, 1.54) is 0 Å². The zero-order valence-corrected chi connectivity index (χ0v) is 14.5. The molecule has 2 aromatic carbocycles. The molecule has 104 valence electrons. The summed E-state index contributed by atoms with van der Waals surface area (Å²) in [6.45, 7) is 0. The van der Waals surface area contributed by atoms with E-state index >= 15 is 0 Å². The van der Waals surface area contributed by atoms with Gasteiger partial charge in [0.2, 0.25) is 5.90 Å². The van der Waals surface area contributed by atoms with Crippen molar-refractivity contribution in [2.75, 3.05) is 0 Å². The van der Waals surface area contributed by atoms with Crippen LogP contribution in [0.25, 0.3) is 6.08 Å². The number of rotatable bonds is 2. The molecule has 0 aromatic heterocycles. The highest BCUT2D eigenvalue weighted by Crippen LogP contribution is 2.22. The van der Waals surface area contributed by atoms with Crippen molar-refractivity contribution in [3.63, 3.8) is 0 Å². The van der Waals surface area contributed by atoms with Crippen LogP contribution in [-0.2, 0) is 9.53 Å². The van der Waals surface area contributed by atoms with E-state index in [1.807, 2.05) is 48.5 Å². The van der Waals surface area contributed by atoms with Crippen molar-refractivity contribution in [2.24, 2.45) is 4.99 Å². The number of aliphatic imine (C=N–C) groups is 1. The Bertz CT molecular complexity index is 766. The number of hydrogen-bond acceptors (Lipinski definition) is 3. The Balaban J connectivity index is 1.96. The summed E-state index contributed by atoms with van der Waals surface area (Å²) >= 11 is 5.59. The molecule has 3 nitrogen and oxygen atoms in total. The highest BCUT2D eigenvalue weighted by Gasteiger charge is 2.24. The molecule has 0 N–H and O–H groups in total. The summed E-state index contributed by atoms with van der Waals surface area (Å²) in [5.41, 5.74) is 2.04. The van der Waals surface area contributed by atoms with E-state index in [0.29, 0.717) is 11.6 Å². The second-order valence-electron chi connectivity index (χ2n) is 4.36. The molecule has 0 amide bonds. The van der Waals surface area contributed by atoms with E-state index in [2.05, 4.69) is 43.5 Å². The summed E-state index contributed by atoms with van der Waals surface area (Å²) in [7, 11) is 0. The number of cyclic esters (lactones) is 1. The fraction of sp³-hybridized carbons (Fsp3) is 0. The van der Waals surface area contributed by atoms with Crippen LogP contribution in [0.3, 0.4) is 0 Å². The molecule has 3 rings (SSSR count). The molecule has 21 heavy (non-hydrogen) atoms. The highest BCUT2D eigenvalue weighted by molar-refractivity contribution is 14.1. The van der Waals surface area contributed by atoms with Gasteiger partial charge >= 0.3 is 5.97 Å². The van der Waals surface area contributed by atoms with Crippen LogP contribution in [0.5, 0.6) is 0 Å². The average molecular weight is 454 g/mol. The number of ether oxygens (including phenoxy) is 1. The molecular formula is C16H9BrINO2. The molecule has 0 unspecified atom stereocenters. The fourth-order valence-corrected chi connectivity index (χ4v) is 2.67. The minimum Gasteiger partial charge on any atom is -0.402 e. The minimum absolute atomic E-state index is 0.317. The van der Waals surface area contributed by atoms with Crippen LogP contribution in [0.15, 0.2) is 63.7 Å². The number of carbonyl (C=O) groups is 1. The standard InChI is InChI=1S/C16H9BrINO2/c17-12-7-5-10(6-8-12)15-19-14(16(20)21-15)9-11-3-1-2-4-13(11)18/h1-9H/b14-9-. The van der Waals surface area contributed by atoms with Crippen LogP contribution in [-0.4, -0.2) is 11.9 Å². The summed E-state index contributed by atoms with van der Waals surface area (Å²) in [4.78, 5) is 16.2. The first-order valence-electron chi connectivity index (χ1n) is 6.16. The molecule has 1 aliphatic heterocycles. The third-order valence-corrected chi connectivity index (χ3v) is 4.42. The van der Waals surface area contributed by atoms with Gasteiger partial charge in [-0.25, -0.2) is 9.79 Å². The van der Waals surface area contributed by atoms with Gasteiger partial charge < -0.3 is 4.74 Å². The summed E-state index contributed by atoms with van der Waals surface area (Å²) in [5, 5.41) is 0. The molecule has 1 heterocycles. The lowest BCUT2D eigenvalue weighted by Gasteiger charge is -1.98. The summed E-state index contributed by atoms with van der Waals surface area (Å²) in [5.74, 6) is -0.0859. The molecule has 0 bridgehead atoms. The Morgan fingerprint density at radius 3 is 2.52 bits per heavy atom. The first-order valence-corrected chi connectivity index (χ1v) is 8.04. The average Bonchev–Trinajstić information content (AvgIpc) is 2.83. The van der Waals surface area contributed by atoms with Crippen LogP contribution in [0.4, 0.5) is 0 Å². The predicted octanol–water partition coefficient (Wildman–Crippen LogP) is 4.40. The number of carbonyl (C=O) groups excluding carboxylic acids is 1. The number of esters is 1. The first kappa shape index (κ1) is 14.5. The maximum absolute atomic E-state index is 11.9. The van der Waals surface area contributed by atoms with Gasteiger partial charge in [0.1, 0.15) is 0 Å². The lowest BCUT2D eigenvalue weighted by atomic mass is 10.2. The van der Waals surface area contributed by atoms with Crippen LogP contribution >= 0.6 is 38.5 Å². The van der Waals surface area contributed by atoms with Crippen molar-refractivity contribution in [1.82, 2.24) is 0 Å². The second-order valence-corrected chi connectivity index (χ2v) is 6.44. The number of nitrogens with zero attached hydrogens (tertiary/aromatic N) is 1. The second kappa shape index (κ2) is 6.11. The van der Waals surface area contributed by atoms with Crippen molar-refractivity contribution in [3.05, 3.63) is 73.4 Å². The van der Waals surface area contributed by atoms with E-state index in [0.717, 1.165) is 19.2 Å². The molecule has 2 aromatic rings. The Morgan fingerprint density at radius 2 is 1.81 bits per heavy atom. The summed E-state index contributed by atoms with van der Waals surface area (Å²) < 4.78 is 7.26. The molecule has 1 aliphatic rings. The fourth-order valence-electron chi connectivity index (χ4n) is 1.86. The zero-order chi connectivity index (χ0) is 14.8. The Morgan fingerprint density at radius 1 is 1.10 bits per heavy atom. The molecular weight excluding hydrogens is 445 g/mol. The molecule has 0 saturated carbocycles. The van der Waals surface area contributed by atoms with Gasteiger partial charge in [0.15, 0.2) is 5.70 Å². The normalized spacial score (nSPS) is 16.0. The molecule has 0 radical (unpaired) electrons. The van der Waals surface area contributed by atoms with E-state index in [9.17, 15) is 4.79 Å². The highest BCUT2D eigenvalue weighted by atomic mass is 127. The molecule has 0 atom stereocenters. The maximum Gasteiger partial charge on any atom is 0.363 e. The quantitative estimate of drug-likeness (QED) is 0.384. The monoisotopic (exact) mass is 453 g/mol. The van der Waals surface area contributed by atoms with Gasteiger partial charge in [-0.05, 0) is 64.6 Å². The summed E-state index contributed by atoms with van der Waals surface area (Å²) in [6, 6.07) is 15.3. The van der Waals surface area contributed by atoms with Crippen molar-refractivity contribution < 1.29 is 9.53 Å². The zero-order valence-electron chi connectivity index (χ0n) is 10.7. The van der Waals surface area contributed by atoms with Gasteiger partial charge in [0.25, 0.3) is 0 Å². The van der Waals surface area contributed by atoms with Gasteiger partial charge in [-0.15, -0.1) is 0 Å². The summed E-state index contributed by atoms with van der Waals surface area (Å²) in [6.07, 6.45) is 1.75. The number of benzene rings is 2. The van der Waals surface area contributed by atoms with Gasteiger partial charge in [0.05, 0.1) is 0 Å². The van der Waals surface area contributed by atoms with Gasteiger partial charge in [-0.3, -0.25) is 0 Å². The van der Waals surface area contributed by atoms with Gasteiger partial charge in [-0.2, -0.15) is 0 Å². The van der Waals surface area contributed by atoms with Crippen molar-refractivity contribution in [2.45, 2.75) is 0 Å². The molecule has 5 heteroatoms. The van der Waals surface area contributed by atoms with Crippen molar-refractivity contribution in [1.29, 1.82) is 0 Å². The van der Waals surface area contributed by atoms with Crippen LogP contribution in [0, 0.1) is 3.57 Å². The van der Waals surface area contributed by atoms with E-state index in [1.54, 1.807) is 6.08 Å². The minimum atomic E-state index is -0.424. The third-order valence-electron chi connectivity index (χ3n) is 2.91. The van der Waals surface area contributed by atoms with Crippen LogP contribution in [0.1, 0.15) is 11.1 Å². The van der Waals surface area contributed by atoms with Crippen LogP contribution < -0.4 is 0 Å². The molecule has 0 fully saturated rings. The largest absolute Gasteiger partial charge is 0.402 e. The lowest BCUT2D eigenvalue weighted by Crippen LogP contribution is -2.05. The number of halogens is 2. The third kappa shape index (κ3) is 3.24. The Labute approximate surface area is 144 Å². The number of hydrogen-bond donors (Lipinski definition) is 0. The van der Waals surface area contributed by atoms with Gasteiger partial charge in [-0.1, -0.05) is 34.1 Å². The predicted molar refractivity (Wildman–Crippen MR) is 93.9 cm³/mol. The topological polar surface area (TPSA) is 38.7 Å². The maximum atomic E-state index is 11.9. The lowest BCUT2D eigenvalue weighted by molar-refractivity contribution is -0.129. The van der Waals surface area contributed by atoms with E-state index in [-0.39, 0.29) is 0 Å².